The predicted molar refractivity (Wildman–Crippen MR) is 69.6 cm³/mol. The van der Waals surface area contributed by atoms with E-state index in [1.54, 1.807) is 44.2 Å². The number of anilines is 1. The lowest BCUT2D eigenvalue weighted by atomic mass is 10.3. The minimum absolute atomic E-state index is 0.356. The highest BCUT2D eigenvalue weighted by Gasteiger charge is 2.24. The van der Waals surface area contributed by atoms with Crippen molar-refractivity contribution < 1.29 is 14.3 Å². The first-order valence-electron chi connectivity index (χ1n) is 5.65. The summed E-state index contributed by atoms with van der Waals surface area (Å²) in [4.78, 5) is 27.1. The molecule has 0 saturated carbocycles. The zero-order valence-electron chi connectivity index (χ0n) is 10.7. The SMILES string of the molecule is CC(C)OC(=O)N(C(=O)CN=[N+]=[N-])c1ccccc1. The Morgan fingerprint density at radius 2 is 2.00 bits per heavy atom. The molecule has 0 aliphatic carbocycles. The van der Waals surface area contributed by atoms with Gasteiger partial charge in [-0.25, -0.2) is 9.69 Å². The Morgan fingerprint density at radius 1 is 1.37 bits per heavy atom. The Morgan fingerprint density at radius 3 is 2.53 bits per heavy atom. The molecule has 0 aliphatic heterocycles. The molecular formula is C12H14N4O3. The second kappa shape index (κ2) is 7.03. The van der Waals surface area contributed by atoms with Gasteiger partial charge in [0.2, 0.25) is 5.91 Å². The molecule has 7 nitrogen and oxygen atoms in total. The summed E-state index contributed by atoms with van der Waals surface area (Å²) in [6.07, 6.45) is -1.15. The van der Waals surface area contributed by atoms with Crippen molar-refractivity contribution in [2.75, 3.05) is 11.4 Å². The number of rotatable bonds is 4. The van der Waals surface area contributed by atoms with Crippen LogP contribution < -0.4 is 4.90 Å². The largest absolute Gasteiger partial charge is 0.446 e. The number of nitrogens with zero attached hydrogens (tertiary/aromatic N) is 4. The van der Waals surface area contributed by atoms with Gasteiger partial charge < -0.3 is 4.74 Å². The lowest BCUT2D eigenvalue weighted by Crippen LogP contribution is -2.39. The Hall–Kier alpha value is -2.53. The monoisotopic (exact) mass is 262 g/mol. The van der Waals surface area contributed by atoms with Gasteiger partial charge in [-0.2, -0.15) is 0 Å². The van der Waals surface area contributed by atoms with Crippen LogP contribution in [0.4, 0.5) is 10.5 Å². The molecule has 0 radical (unpaired) electrons. The van der Waals surface area contributed by atoms with Gasteiger partial charge in [-0.1, -0.05) is 23.3 Å². The van der Waals surface area contributed by atoms with E-state index in [0.717, 1.165) is 4.90 Å². The van der Waals surface area contributed by atoms with E-state index in [2.05, 4.69) is 10.0 Å². The molecule has 7 heteroatoms. The quantitative estimate of drug-likeness (QED) is 0.474. The number of hydrogen-bond donors (Lipinski definition) is 0. The van der Waals surface area contributed by atoms with Crippen molar-refractivity contribution in [2.24, 2.45) is 5.11 Å². The molecule has 19 heavy (non-hydrogen) atoms. The molecule has 1 rings (SSSR count). The van der Waals surface area contributed by atoms with E-state index in [0.29, 0.717) is 5.69 Å². The van der Waals surface area contributed by atoms with Gasteiger partial charge in [-0.15, -0.1) is 0 Å². The van der Waals surface area contributed by atoms with Crippen LogP contribution in [0.2, 0.25) is 0 Å². The van der Waals surface area contributed by atoms with Gasteiger partial charge in [-0.05, 0) is 31.5 Å². The molecule has 1 aromatic rings. The number of ether oxygens (including phenoxy) is 1. The molecule has 0 atom stereocenters. The van der Waals surface area contributed by atoms with Crippen molar-refractivity contribution in [3.63, 3.8) is 0 Å². The molecule has 0 unspecified atom stereocenters. The minimum atomic E-state index is -0.792. The fraction of sp³-hybridized carbons (Fsp3) is 0.333. The third kappa shape index (κ3) is 4.33. The van der Waals surface area contributed by atoms with Crippen molar-refractivity contribution in [1.82, 2.24) is 0 Å². The van der Waals surface area contributed by atoms with Gasteiger partial charge in [0.05, 0.1) is 11.8 Å². The number of para-hydroxylation sites is 1. The van der Waals surface area contributed by atoms with E-state index >= 15 is 0 Å². The topological polar surface area (TPSA) is 95.4 Å². The molecule has 0 aromatic heterocycles. The molecule has 1 aromatic carbocycles. The Bertz CT molecular complexity index is 495. The first-order valence-corrected chi connectivity index (χ1v) is 5.65. The van der Waals surface area contributed by atoms with Crippen molar-refractivity contribution in [3.8, 4) is 0 Å². The van der Waals surface area contributed by atoms with Gasteiger partial charge in [0.25, 0.3) is 0 Å². The number of carbonyl (C=O) groups is 2. The van der Waals surface area contributed by atoms with Crippen LogP contribution in [0.1, 0.15) is 13.8 Å². The highest BCUT2D eigenvalue weighted by Crippen LogP contribution is 2.15. The van der Waals surface area contributed by atoms with Gasteiger partial charge in [0.1, 0.15) is 6.54 Å². The van der Waals surface area contributed by atoms with Gasteiger partial charge in [-0.3, -0.25) is 4.79 Å². The number of hydrogen-bond acceptors (Lipinski definition) is 4. The van der Waals surface area contributed by atoms with Crippen LogP contribution in [0.15, 0.2) is 35.4 Å². The summed E-state index contributed by atoms with van der Waals surface area (Å²) in [6.45, 7) is 2.91. The fourth-order valence-corrected chi connectivity index (χ4v) is 1.35. The Labute approximate surface area is 110 Å². The van der Waals surface area contributed by atoms with E-state index in [1.165, 1.54) is 0 Å². The second-order valence-electron chi connectivity index (χ2n) is 3.89. The molecule has 0 saturated heterocycles. The van der Waals surface area contributed by atoms with Crippen LogP contribution in [-0.2, 0) is 9.53 Å². The third-order valence-electron chi connectivity index (χ3n) is 2.05. The van der Waals surface area contributed by atoms with Crippen molar-refractivity contribution >= 4 is 17.7 Å². The van der Waals surface area contributed by atoms with E-state index < -0.39 is 18.5 Å². The maximum absolute atomic E-state index is 11.9. The van der Waals surface area contributed by atoms with Crippen LogP contribution >= 0.6 is 0 Å². The van der Waals surface area contributed by atoms with Crippen molar-refractivity contribution in [2.45, 2.75) is 20.0 Å². The maximum atomic E-state index is 11.9. The molecule has 2 amide bonds. The minimum Gasteiger partial charge on any atom is -0.446 e. The first kappa shape index (κ1) is 14.5. The normalized spacial score (nSPS) is 9.63. The summed E-state index contributed by atoms with van der Waals surface area (Å²) in [5, 5.41) is 3.16. The molecule has 0 heterocycles. The number of carbonyl (C=O) groups excluding carboxylic acids is 2. The van der Waals surface area contributed by atoms with Crippen LogP contribution in [0.3, 0.4) is 0 Å². The smallest absolute Gasteiger partial charge is 0.421 e. The van der Waals surface area contributed by atoms with E-state index in [1.807, 2.05) is 0 Å². The van der Waals surface area contributed by atoms with E-state index in [-0.39, 0.29) is 6.10 Å². The predicted octanol–water partition coefficient (Wildman–Crippen LogP) is 2.87. The summed E-state index contributed by atoms with van der Waals surface area (Å²) in [5.41, 5.74) is 8.59. The average molecular weight is 262 g/mol. The third-order valence-corrected chi connectivity index (χ3v) is 2.05. The molecule has 0 N–H and O–H groups in total. The van der Waals surface area contributed by atoms with Crippen LogP contribution in [0.5, 0.6) is 0 Å². The number of amides is 2. The standard InChI is InChI=1S/C12H14N4O3/c1-9(2)19-12(18)16(11(17)8-14-15-13)10-6-4-3-5-7-10/h3-7,9H,8H2,1-2H3. The zero-order chi connectivity index (χ0) is 14.3. The Balaban J connectivity index is 3.00. The lowest BCUT2D eigenvalue weighted by molar-refractivity contribution is -0.116. The van der Waals surface area contributed by atoms with Crippen LogP contribution in [0, 0.1) is 0 Å². The molecule has 100 valence electrons. The Kier molecular flexibility index (Phi) is 5.37. The van der Waals surface area contributed by atoms with E-state index in [4.69, 9.17) is 10.3 Å². The summed E-state index contributed by atoms with van der Waals surface area (Å²) < 4.78 is 5.00. The van der Waals surface area contributed by atoms with Crippen molar-refractivity contribution in [3.05, 3.63) is 40.8 Å². The van der Waals surface area contributed by atoms with Gasteiger partial charge >= 0.3 is 6.09 Å². The first-order chi connectivity index (χ1) is 9.06. The fourth-order valence-electron chi connectivity index (χ4n) is 1.35. The average Bonchev–Trinajstić information content (AvgIpc) is 2.37. The lowest BCUT2D eigenvalue weighted by Gasteiger charge is -2.21. The summed E-state index contributed by atoms with van der Waals surface area (Å²) in [5.74, 6) is -0.644. The second-order valence-corrected chi connectivity index (χ2v) is 3.89. The number of azide groups is 1. The zero-order valence-corrected chi connectivity index (χ0v) is 10.7. The number of benzene rings is 1. The molecule has 0 aliphatic rings. The van der Waals surface area contributed by atoms with E-state index in [9.17, 15) is 9.59 Å². The van der Waals surface area contributed by atoms with Crippen LogP contribution in [0.25, 0.3) is 10.4 Å². The highest BCUT2D eigenvalue weighted by atomic mass is 16.6. The number of imide groups is 1. The molecule has 0 bridgehead atoms. The van der Waals surface area contributed by atoms with Gasteiger partial charge in [0, 0.05) is 4.91 Å². The van der Waals surface area contributed by atoms with Crippen LogP contribution in [-0.4, -0.2) is 24.6 Å². The molecule has 0 fully saturated rings. The molecular weight excluding hydrogens is 248 g/mol. The van der Waals surface area contributed by atoms with Gasteiger partial charge in [0.15, 0.2) is 0 Å². The maximum Gasteiger partial charge on any atom is 0.421 e. The summed E-state index contributed by atoms with van der Waals surface area (Å²) in [6, 6.07) is 8.32. The summed E-state index contributed by atoms with van der Waals surface area (Å²) in [7, 11) is 0. The van der Waals surface area contributed by atoms with Crippen molar-refractivity contribution in [1.29, 1.82) is 0 Å². The highest BCUT2D eigenvalue weighted by molar-refractivity contribution is 6.13. The summed E-state index contributed by atoms with van der Waals surface area (Å²) >= 11 is 0. The molecule has 0 spiro atoms.